The highest BCUT2D eigenvalue weighted by Gasteiger charge is 2.23. The summed E-state index contributed by atoms with van der Waals surface area (Å²) >= 11 is 3.36. The van der Waals surface area contributed by atoms with Gasteiger partial charge >= 0.3 is 0 Å². The van der Waals surface area contributed by atoms with Crippen LogP contribution in [0.15, 0.2) is 53.4 Å². The number of aromatic nitrogens is 4. The second kappa shape index (κ2) is 8.52. The van der Waals surface area contributed by atoms with Crippen LogP contribution in [0.2, 0.25) is 0 Å². The first-order chi connectivity index (χ1) is 14.1. The molecule has 0 saturated carbocycles. The van der Waals surface area contributed by atoms with Gasteiger partial charge in [-0.15, -0.1) is 10.2 Å². The molecule has 4 rings (SSSR count). The van der Waals surface area contributed by atoms with Gasteiger partial charge < -0.3 is 15.1 Å². The third-order valence-corrected chi connectivity index (χ3v) is 5.09. The Morgan fingerprint density at radius 1 is 1.00 bits per heavy atom. The molecule has 8 nitrogen and oxygen atoms in total. The van der Waals surface area contributed by atoms with Crippen LogP contribution in [-0.4, -0.2) is 57.2 Å². The number of carbonyl (C=O) groups excluding carboxylic acids is 1. The minimum Gasteiger partial charge on any atom is -0.352 e. The molecule has 0 radical (unpaired) electrons. The average molecular weight is 454 g/mol. The zero-order chi connectivity index (χ0) is 20.2. The standard InChI is InChI=1S/C20H20BrN7O/c1-14-2-3-17(23-11-14)24-18-4-5-19(26-25-18)27-6-8-28(9-7-27)20(29)15-10-16(21)13-22-12-15/h2-5,10-13H,6-9H2,1H3,(H,23,24,25). The molecule has 0 atom stereocenters. The number of nitrogens with one attached hydrogen (secondary N) is 1. The fraction of sp³-hybridized carbons (Fsp3) is 0.250. The summed E-state index contributed by atoms with van der Waals surface area (Å²) in [5.74, 6) is 2.16. The summed E-state index contributed by atoms with van der Waals surface area (Å²) in [6, 6.07) is 9.50. The van der Waals surface area contributed by atoms with Crippen molar-refractivity contribution in [2.24, 2.45) is 0 Å². The van der Waals surface area contributed by atoms with Gasteiger partial charge in [0.15, 0.2) is 11.6 Å². The number of hydrogen-bond donors (Lipinski definition) is 1. The summed E-state index contributed by atoms with van der Waals surface area (Å²) in [7, 11) is 0. The molecule has 4 heterocycles. The Morgan fingerprint density at radius 3 is 2.45 bits per heavy atom. The summed E-state index contributed by atoms with van der Waals surface area (Å²) in [4.78, 5) is 25.0. The summed E-state index contributed by atoms with van der Waals surface area (Å²) in [5.41, 5.74) is 1.69. The largest absolute Gasteiger partial charge is 0.352 e. The molecule has 1 fully saturated rings. The smallest absolute Gasteiger partial charge is 0.255 e. The molecule has 3 aromatic rings. The van der Waals surface area contributed by atoms with Crippen LogP contribution in [0.5, 0.6) is 0 Å². The molecule has 1 N–H and O–H groups in total. The SMILES string of the molecule is Cc1ccc(Nc2ccc(N3CCN(C(=O)c4cncc(Br)c4)CC3)nn2)nc1. The third-order valence-electron chi connectivity index (χ3n) is 4.66. The van der Waals surface area contributed by atoms with Crippen LogP contribution in [-0.2, 0) is 0 Å². The lowest BCUT2D eigenvalue weighted by Crippen LogP contribution is -2.49. The number of piperazine rings is 1. The Morgan fingerprint density at radius 2 is 1.79 bits per heavy atom. The van der Waals surface area contributed by atoms with E-state index >= 15 is 0 Å². The van der Waals surface area contributed by atoms with E-state index in [2.05, 4.69) is 46.3 Å². The topological polar surface area (TPSA) is 87.1 Å². The molecule has 1 aliphatic rings. The second-order valence-electron chi connectivity index (χ2n) is 6.79. The predicted molar refractivity (Wildman–Crippen MR) is 114 cm³/mol. The first-order valence-corrected chi connectivity index (χ1v) is 10.1. The van der Waals surface area contributed by atoms with Crippen LogP contribution >= 0.6 is 15.9 Å². The van der Waals surface area contributed by atoms with Gasteiger partial charge in [-0.1, -0.05) is 6.07 Å². The number of hydrogen-bond acceptors (Lipinski definition) is 7. The molecule has 29 heavy (non-hydrogen) atoms. The van der Waals surface area contributed by atoms with E-state index in [1.165, 1.54) is 0 Å². The molecular weight excluding hydrogens is 434 g/mol. The van der Waals surface area contributed by atoms with Crippen LogP contribution in [0.25, 0.3) is 0 Å². The van der Waals surface area contributed by atoms with Crippen molar-refractivity contribution in [1.82, 2.24) is 25.1 Å². The summed E-state index contributed by atoms with van der Waals surface area (Å²) < 4.78 is 0.798. The first kappa shape index (κ1) is 19.3. The molecule has 0 spiro atoms. The Balaban J connectivity index is 1.35. The molecule has 148 valence electrons. The van der Waals surface area contributed by atoms with Gasteiger partial charge in [0.25, 0.3) is 5.91 Å². The van der Waals surface area contributed by atoms with Crippen molar-refractivity contribution in [3.05, 3.63) is 64.5 Å². The Bertz CT molecular complexity index is 986. The molecule has 1 aliphatic heterocycles. The lowest BCUT2D eigenvalue weighted by molar-refractivity contribution is 0.0746. The van der Waals surface area contributed by atoms with Gasteiger partial charge in [0, 0.05) is 49.2 Å². The minimum absolute atomic E-state index is 0.00493. The molecule has 0 unspecified atom stereocenters. The molecule has 0 bridgehead atoms. The van der Waals surface area contributed by atoms with Gasteiger partial charge in [0.2, 0.25) is 0 Å². The number of anilines is 3. The zero-order valence-electron chi connectivity index (χ0n) is 15.9. The zero-order valence-corrected chi connectivity index (χ0v) is 17.5. The highest BCUT2D eigenvalue weighted by atomic mass is 79.9. The van der Waals surface area contributed by atoms with Crippen molar-refractivity contribution < 1.29 is 4.79 Å². The highest BCUT2D eigenvalue weighted by molar-refractivity contribution is 9.10. The highest BCUT2D eigenvalue weighted by Crippen LogP contribution is 2.18. The summed E-state index contributed by atoms with van der Waals surface area (Å²) in [6.45, 7) is 4.65. The molecule has 0 aromatic carbocycles. The van der Waals surface area contributed by atoms with Crippen LogP contribution in [0, 0.1) is 6.92 Å². The minimum atomic E-state index is -0.00493. The van der Waals surface area contributed by atoms with E-state index in [4.69, 9.17) is 0 Å². The van der Waals surface area contributed by atoms with Crippen molar-refractivity contribution in [1.29, 1.82) is 0 Å². The van der Waals surface area contributed by atoms with E-state index in [1.54, 1.807) is 24.7 Å². The fourth-order valence-corrected chi connectivity index (χ4v) is 3.45. The van der Waals surface area contributed by atoms with Crippen molar-refractivity contribution in [3.63, 3.8) is 0 Å². The number of rotatable bonds is 4. The van der Waals surface area contributed by atoms with E-state index in [0.717, 1.165) is 21.7 Å². The maximum atomic E-state index is 12.6. The maximum absolute atomic E-state index is 12.6. The maximum Gasteiger partial charge on any atom is 0.255 e. The van der Waals surface area contributed by atoms with Crippen LogP contribution in [0.4, 0.5) is 17.5 Å². The lowest BCUT2D eigenvalue weighted by atomic mass is 10.2. The van der Waals surface area contributed by atoms with Gasteiger partial charge in [0.1, 0.15) is 5.82 Å². The van der Waals surface area contributed by atoms with Crippen LogP contribution in [0.1, 0.15) is 15.9 Å². The number of aryl methyl sites for hydroxylation is 1. The molecule has 9 heteroatoms. The summed E-state index contributed by atoms with van der Waals surface area (Å²) in [6.07, 6.45) is 5.06. The number of pyridine rings is 2. The van der Waals surface area contributed by atoms with Crippen molar-refractivity contribution in [2.45, 2.75) is 6.92 Å². The molecule has 1 saturated heterocycles. The van der Waals surface area contributed by atoms with Gasteiger partial charge in [-0.2, -0.15) is 0 Å². The van der Waals surface area contributed by atoms with Crippen molar-refractivity contribution >= 4 is 39.3 Å². The lowest BCUT2D eigenvalue weighted by Gasteiger charge is -2.35. The second-order valence-corrected chi connectivity index (χ2v) is 7.71. The average Bonchev–Trinajstić information content (AvgIpc) is 2.75. The van der Waals surface area contributed by atoms with Crippen molar-refractivity contribution in [3.8, 4) is 0 Å². The molecule has 3 aromatic heterocycles. The van der Waals surface area contributed by atoms with Gasteiger partial charge in [-0.3, -0.25) is 9.78 Å². The Kier molecular flexibility index (Phi) is 5.66. The van der Waals surface area contributed by atoms with E-state index in [-0.39, 0.29) is 5.91 Å². The van der Waals surface area contributed by atoms with Gasteiger partial charge in [0.05, 0.1) is 5.56 Å². The Labute approximate surface area is 177 Å². The monoisotopic (exact) mass is 453 g/mol. The number of nitrogens with zero attached hydrogens (tertiary/aromatic N) is 6. The van der Waals surface area contributed by atoms with Crippen LogP contribution < -0.4 is 10.2 Å². The first-order valence-electron chi connectivity index (χ1n) is 9.27. The van der Waals surface area contributed by atoms with Gasteiger partial charge in [-0.05, 0) is 52.7 Å². The fourth-order valence-electron chi connectivity index (χ4n) is 3.08. The predicted octanol–water partition coefficient (Wildman–Crippen LogP) is 3.04. The third kappa shape index (κ3) is 4.68. The number of halogens is 1. The molecular formula is C20H20BrN7O. The van der Waals surface area contributed by atoms with E-state index in [9.17, 15) is 4.79 Å². The number of carbonyl (C=O) groups is 1. The molecule has 1 amide bonds. The van der Waals surface area contributed by atoms with E-state index < -0.39 is 0 Å². The molecule has 0 aliphatic carbocycles. The Hall–Kier alpha value is -3.07. The van der Waals surface area contributed by atoms with Crippen LogP contribution in [0.3, 0.4) is 0 Å². The normalized spacial score (nSPS) is 14.0. The summed E-state index contributed by atoms with van der Waals surface area (Å²) in [5, 5.41) is 11.7. The van der Waals surface area contributed by atoms with E-state index in [1.807, 2.05) is 36.1 Å². The van der Waals surface area contributed by atoms with Crippen molar-refractivity contribution in [2.75, 3.05) is 36.4 Å². The number of amides is 1. The van der Waals surface area contributed by atoms with Gasteiger partial charge in [-0.25, -0.2) is 4.98 Å². The van der Waals surface area contributed by atoms with E-state index in [0.29, 0.717) is 37.6 Å². The quantitative estimate of drug-likeness (QED) is 0.649.